The van der Waals surface area contributed by atoms with Crippen LogP contribution in [0, 0.1) is 6.92 Å². The summed E-state index contributed by atoms with van der Waals surface area (Å²) in [5.41, 5.74) is 6.83. The molecule has 0 aliphatic rings. The van der Waals surface area contributed by atoms with E-state index >= 15 is 0 Å². The van der Waals surface area contributed by atoms with Crippen LogP contribution in [-0.2, 0) is 16.6 Å². The molecule has 17 heavy (non-hydrogen) atoms. The van der Waals surface area contributed by atoms with Gasteiger partial charge in [-0.25, -0.2) is 8.42 Å². The average molecular weight is 260 g/mol. The van der Waals surface area contributed by atoms with Crippen LogP contribution < -0.4 is 5.73 Å². The van der Waals surface area contributed by atoms with Crippen molar-refractivity contribution in [1.82, 2.24) is 14.5 Å². The maximum Gasteiger partial charge on any atom is 0.262 e. The Morgan fingerprint density at radius 3 is 2.47 bits per heavy atom. The first-order chi connectivity index (χ1) is 7.86. The van der Waals surface area contributed by atoms with Crippen molar-refractivity contribution >= 4 is 10.0 Å². The van der Waals surface area contributed by atoms with Gasteiger partial charge in [-0.1, -0.05) is 6.92 Å². The number of aromatic nitrogens is 2. The van der Waals surface area contributed by atoms with Crippen LogP contribution in [0.1, 0.15) is 32.0 Å². The van der Waals surface area contributed by atoms with E-state index in [1.807, 2.05) is 13.8 Å². The molecule has 1 rings (SSSR count). The Labute approximate surface area is 102 Å². The Balaban J connectivity index is 3.30. The highest BCUT2D eigenvalue weighted by Crippen LogP contribution is 2.21. The molecule has 0 aliphatic heterocycles. The van der Waals surface area contributed by atoms with Crippen LogP contribution in [0.25, 0.3) is 0 Å². The first-order valence-corrected chi connectivity index (χ1v) is 7.06. The molecule has 7 heteroatoms. The third-order valence-electron chi connectivity index (χ3n) is 2.68. The van der Waals surface area contributed by atoms with E-state index in [4.69, 9.17) is 5.73 Å². The van der Waals surface area contributed by atoms with Gasteiger partial charge >= 0.3 is 0 Å². The van der Waals surface area contributed by atoms with Crippen LogP contribution in [0.2, 0.25) is 0 Å². The van der Waals surface area contributed by atoms with E-state index in [-0.39, 0.29) is 17.6 Å². The highest BCUT2D eigenvalue weighted by Gasteiger charge is 2.30. The minimum absolute atomic E-state index is 0.0491. The van der Waals surface area contributed by atoms with Crippen LogP contribution in [0.3, 0.4) is 0 Å². The van der Waals surface area contributed by atoms with E-state index in [9.17, 15) is 8.42 Å². The third kappa shape index (κ3) is 2.51. The fourth-order valence-corrected chi connectivity index (χ4v) is 3.63. The van der Waals surface area contributed by atoms with E-state index < -0.39 is 10.0 Å². The molecule has 0 bridgehead atoms. The van der Waals surface area contributed by atoms with Gasteiger partial charge in [0.05, 0.1) is 0 Å². The van der Waals surface area contributed by atoms with Crippen LogP contribution in [0.15, 0.2) is 5.03 Å². The topological polar surface area (TPSA) is 92.1 Å². The summed E-state index contributed by atoms with van der Waals surface area (Å²) in [6.45, 7) is 7.81. The average Bonchev–Trinajstić information content (AvgIpc) is 2.59. The Bertz CT molecular complexity index is 478. The van der Waals surface area contributed by atoms with E-state index in [1.54, 1.807) is 13.8 Å². The SMILES string of the molecule is CCN(C(C)C)S(=O)(=O)c1n[nH]c(C)c1CN. The molecule has 3 N–H and O–H groups in total. The number of aryl methyl sites for hydroxylation is 1. The fraction of sp³-hybridized carbons (Fsp3) is 0.700. The fourth-order valence-electron chi connectivity index (χ4n) is 1.81. The predicted octanol–water partition coefficient (Wildman–Crippen LogP) is 0.596. The third-order valence-corrected chi connectivity index (χ3v) is 4.80. The lowest BCUT2D eigenvalue weighted by Crippen LogP contribution is -2.37. The Morgan fingerprint density at radius 2 is 2.06 bits per heavy atom. The van der Waals surface area contributed by atoms with Gasteiger partial charge in [0.25, 0.3) is 10.0 Å². The van der Waals surface area contributed by atoms with E-state index in [1.165, 1.54) is 4.31 Å². The van der Waals surface area contributed by atoms with Gasteiger partial charge in [0.1, 0.15) is 0 Å². The van der Waals surface area contributed by atoms with Gasteiger partial charge in [0.2, 0.25) is 0 Å². The second-order valence-electron chi connectivity index (χ2n) is 4.14. The highest BCUT2D eigenvalue weighted by atomic mass is 32.2. The molecule has 0 saturated heterocycles. The van der Waals surface area contributed by atoms with Crippen molar-refractivity contribution in [2.45, 2.75) is 45.3 Å². The number of hydrogen-bond donors (Lipinski definition) is 2. The van der Waals surface area contributed by atoms with Gasteiger partial charge in [-0.2, -0.15) is 9.40 Å². The van der Waals surface area contributed by atoms with Crippen molar-refractivity contribution in [3.63, 3.8) is 0 Å². The maximum absolute atomic E-state index is 12.4. The number of H-pyrrole nitrogens is 1. The summed E-state index contributed by atoms with van der Waals surface area (Å²) in [5.74, 6) is 0. The van der Waals surface area contributed by atoms with Crippen LogP contribution >= 0.6 is 0 Å². The van der Waals surface area contributed by atoms with Crippen LogP contribution in [-0.4, -0.2) is 35.5 Å². The summed E-state index contributed by atoms with van der Waals surface area (Å²) >= 11 is 0. The number of rotatable bonds is 5. The predicted molar refractivity (Wildman–Crippen MR) is 65.9 cm³/mol. The molecule has 0 amide bonds. The molecule has 1 aromatic rings. The molecule has 0 spiro atoms. The molecular weight excluding hydrogens is 240 g/mol. The molecular formula is C10H20N4O2S. The number of aromatic amines is 1. The zero-order valence-corrected chi connectivity index (χ0v) is 11.5. The smallest absolute Gasteiger partial charge is 0.262 e. The number of sulfonamides is 1. The summed E-state index contributed by atoms with van der Waals surface area (Å²) in [6, 6.07) is -0.104. The molecule has 0 fully saturated rings. The van der Waals surface area contributed by atoms with E-state index in [2.05, 4.69) is 10.2 Å². The molecule has 0 aliphatic carbocycles. The molecule has 0 saturated carbocycles. The number of nitrogens with two attached hydrogens (primary N) is 1. The first kappa shape index (κ1) is 14.1. The van der Waals surface area contributed by atoms with Crippen molar-refractivity contribution in [2.75, 3.05) is 6.54 Å². The standard InChI is InChI=1S/C10H20N4O2S/c1-5-14(7(2)3)17(15,16)10-9(6-11)8(4)12-13-10/h7H,5-6,11H2,1-4H3,(H,12,13). The van der Waals surface area contributed by atoms with Crippen molar-refractivity contribution in [3.05, 3.63) is 11.3 Å². The van der Waals surface area contributed by atoms with Crippen molar-refractivity contribution < 1.29 is 8.42 Å². The maximum atomic E-state index is 12.4. The highest BCUT2D eigenvalue weighted by molar-refractivity contribution is 7.89. The summed E-state index contributed by atoms with van der Waals surface area (Å²) in [4.78, 5) is 0. The molecule has 0 radical (unpaired) electrons. The van der Waals surface area contributed by atoms with E-state index in [0.717, 1.165) is 0 Å². The molecule has 0 aromatic carbocycles. The van der Waals surface area contributed by atoms with Gasteiger partial charge in [0, 0.05) is 30.4 Å². The Morgan fingerprint density at radius 1 is 1.47 bits per heavy atom. The lowest BCUT2D eigenvalue weighted by molar-refractivity contribution is 0.367. The molecule has 0 atom stereocenters. The van der Waals surface area contributed by atoms with Crippen LogP contribution in [0.4, 0.5) is 0 Å². The zero-order valence-electron chi connectivity index (χ0n) is 10.7. The number of nitrogens with zero attached hydrogens (tertiary/aromatic N) is 2. The largest absolute Gasteiger partial charge is 0.326 e. The van der Waals surface area contributed by atoms with Crippen molar-refractivity contribution in [3.8, 4) is 0 Å². The summed E-state index contributed by atoms with van der Waals surface area (Å²) in [7, 11) is -3.56. The van der Waals surface area contributed by atoms with Gasteiger partial charge in [0.15, 0.2) is 5.03 Å². The Kier molecular flexibility index (Phi) is 4.29. The summed E-state index contributed by atoms with van der Waals surface area (Å²) in [5, 5.41) is 6.60. The van der Waals surface area contributed by atoms with E-state index in [0.29, 0.717) is 17.8 Å². The van der Waals surface area contributed by atoms with Crippen molar-refractivity contribution in [1.29, 1.82) is 0 Å². The minimum Gasteiger partial charge on any atom is -0.326 e. The quantitative estimate of drug-likeness (QED) is 0.810. The Hall–Kier alpha value is -0.920. The first-order valence-electron chi connectivity index (χ1n) is 5.62. The molecule has 98 valence electrons. The minimum atomic E-state index is -3.56. The molecule has 1 aromatic heterocycles. The lowest BCUT2D eigenvalue weighted by Gasteiger charge is -2.23. The van der Waals surface area contributed by atoms with Gasteiger partial charge in [-0.05, 0) is 20.8 Å². The summed E-state index contributed by atoms with van der Waals surface area (Å²) in [6.07, 6.45) is 0. The molecule has 6 nitrogen and oxygen atoms in total. The number of nitrogens with one attached hydrogen (secondary N) is 1. The normalized spacial score (nSPS) is 12.6. The second kappa shape index (κ2) is 5.16. The lowest BCUT2D eigenvalue weighted by atomic mass is 10.3. The monoisotopic (exact) mass is 260 g/mol. The van der Waals surface area contributed by atoms with Gasteiger partial charge in [-0.3, -0.25) is 5.10 Å². The van der Waals surface area contributed by atoms with Crippen LogP contribution in [0.5, 0.6) is 0 Å². The van der Waals surface area contributed by atoms with Gasteiger partial charge < -0.3 is 5.73 Å². The molecule has 1 heterocycles. The number of hydrogen-bond acceptors (Lipinski definition) is 4. The molecule has 0 unspecified atom stereocenters. The van der Waals surface area contributed by atoms with Gasteiger partial charge in [-0.15, -0.1) is 0 Å². The zero-order chi connectivity index (χ0) is 13.2. The van der Waals surface area contributed by atoms with Crippen molar-refractivity contribution in [2.24, 2.45) is 5.73 Å². The second-order valence-corrected chi connectivity index (χ2v) is 5.94. The summed E-state index contributed by atoms with van der Waals surface area (Å²) < 4.78 is 26.2.